The van der Waals surface area contributed by atoms with Crippen LogP contribution in [0.5, 0.6) is 5.75 Å². The Bertz CT molecular complexity index is 576. The minimum absolute atomic E-state index is 0.175. The molecule has 0 radical (unpaired) electrons. The van der Waals surface area contributed by atoms with Crippen LogP contribution >= 0.6 is 11.8 Å². The van der Waals surface area contributed by atoms with Gasteiger partial charge in [-0.3, -0.25) is 0 Å². The van der Waals surface area contributed by atoms with Gasteiger partial charge in [0.05, 0.1) is 13.2 Å². The third-order valence-electron chi connectivity index (χ3n) is 2.80. The largest absolute Gasteiger partial charge is 0.494 e. The van der Waals surface area contributed by atoms with E-state index in [-0.39, 0.29) is 11.8 Å². The van der Waals surface area contributed by atoms with Gasteiger partial charge in [-0.2, -0.15) is 16.7 Å². The monoisotopic (exact) mass is 297 g/mol. The van der Waals surface area contributed by atoms with Crippen LogP contribution in [0.15, 0.2) is 22.7 Å². The molecule has 5 nitrogen and oxygen atoms in total. The maximum Gasteiger partial charge on any atom is 0.243 e. The van der Waals surface area contributed by atoms with Crippen LogP contribution in [0, 0.1) is 5.82 Å². The number of aromatic nitrogens is 2. The first-order chi connectivity index (χ1) is 9.65. The topological polar surface area (TPSA) is 74.2 Å². The molecule has 0 aliphatic rings. The van der Waals surface area contributed by atoms with Gasteiger partial charge in [0.1, 0.15) is 0 Å². The predicted molar refractivity (Wildman–Crippen MR) is 76.2 cm³/mol. The van der Waals surface area contributed by atoms with Gasteiger partial charge in [0, 0.05) is 5.56 Å². The van der Waals surface area contributed by atoms with Crippen molar-refractivity contribution in [1.29, 1.82) is 0 Å². The SMILES string of the molecule is COc1ccc(-c2noc(C(N)CCSC)n2)cc1F. The Hall–Kier alpha value is -1.60. The Morgan fingerprint density at radius 3 is 2.95 bits per heavy atom. The van der Waals surface area contributed by atoms with Crippen LogP contribution < -0.4 is 10.5 Å². The lowest BCUT2D eigenvalue weighted by atomic mass is 10.2. The highest BCUT2D eigenvalue weighted by atomic mass is 32.2. The molecule has 1 aromatic carbocycles. The number of rotatable bonds is 6. The first kappa shape index (κ1) is 14.8. The summed E-state index contributed by atoms with van der Waals surface area (Å²) in [6.45, 7) is 0. The zero-order valence-corrected chi connectivity index (χ0v) is 12.1. The van der Waals surface area contributed by atoms with E-state index < -0.39 is 5.82 Å². The van der Waals surface area contributed by atoms with E-state index in [4.69, 9.17) is 15.0 Å². The molecular formula is C13H16FN3O2S. The van der Waals surface area contributed by atoms with E-state index in [0.29, 0.717) is 17.3 Å². The second kappa shape index (κ2) is 6.71. The second-order valence-corrected chi connectivity index (χ2v) is 5.18. The van der Waals surface area contributed by atoms with Crippen LogP contribution in [0.4, 0.5) is 4.39 Å². The zero-order valence-electron chi connectivity index (χ0n) is 11.3. The third kappa shape index (κ3) is 3.29. The number of nitrogens with two attached hydrogens (primary N) is 1. The summed E-state index contributed by atoms with van der Waals surface area (Å²) in [7, 11) is 1.41. The minimum atomic E-state index is -0.469. The number of methoxy groups -OCH3 is 1. The zero-order chi connectivity index (χ0) is 14.5. The molecule has 7 heteroatoms. The van der Waals surface area contributed by atoms with Crippen LogP contribution in [0.25, 0.3) is 11.4 Å². The van der Waals surface area contributed by atoms with Crippen molar-refractivity contribution in [3.63, 3.8) is 0 Å². The summed E-state index contributed by atoms with van der Waals surface area (Å²) in [6.07, 6.45) is 2.76. The van der Waals surface area contributed by atoms with Gasteiger partial charge < -0.3 is 15.0 Å². The van der Waals surface area contributed by atoms with Crippen LogP contribution in [-0.2, 0) is 0 Å². The van der Waals surface area contributed by atoms with Gasteiger partial charge in [0.25, 0.3) is 0 Å². The lowest BCUT2D eigenvalue weighted by molar-refractivity contribution is 0.353. The molecule has 2 aromatic rings. The Morgan fingerprint density at radius 1 is 1.50 bits per heavy atom. The summed E-state index contributed by atoms with van der Waals surface area (Å²) in [4.78, 5) is 4.21. The number of benzene rings is 1. The van der Waals surface area contributed by atoms with Crippen LogP contribution in [0.2, 0.25) is 0 Å². The maximum absolute atomic E-state index is 13.6. The van der Waals surface area contributed by atoms with E-state index in [0.717, 1.165) is 12.2 Å². The molecule has 2 N–H and O–H groups in total. The molecule has 1 aromatic heterocycles. The molecule has 20 heavy (non-hydrogen) atoms. The highest BCUT2D eigenvalue weighted by Gasteiger charge is 2.16. The molecule has 0 saturated carbocycles. The quantitative estimate of drug-likeness (QED) is 0.883. The van der Waals surface area contributed by atoms with Crippen molar-refractivity contribution in [2.45, 2.75) is 12.5 Å². The summed E-state index contributed by atoms with van der Waals surface area (Å²) in [5.74, 6) is 1.30. The molecule has 1 atom stereocenters. The Kier molecular flexibility index (Phi) is 4.97. The normalized spacial score (nSPS) is 12.4. The first-order valence-electron chi connectivity index (χ1n) is 6.07. The van der Waals surface area contributed by atoms with Gasteiger partial charge >= 0.3 is 0 Å². The van der Waals surface area contributed by atoms with E-state index in [1.165, 1.54) is 19.2 Å². The molecule has 0 aliphatic carbocycles. The number of nitrogens with zero attached hydrogens (tertiary/aromatic N) is 2. The number of thioether (sulfide) groups is 1. The van der Waals surface area contributed by atoms with Gasteiger partial charge in [-0.15, -0.1) is 0 Å². The molecule has 108 valence electrons. The number of halogens is 1. The molecule has 0 amide bonds. The molecule has 0 aliphatic heterocycles. The van der Waals surface area contributed by atoms with Crippen molar-refractivity contribution in [3.05, 3.63) is 29.9 Å². The summed E-state index contributed by atoms with van der Waals surface area (Å²) in [5, 5.41) is 3.83. The van der Waals surface area contributed by atoms with E-state index in [1.54, 1.807) is 17.8 Å². The number of hydrogen-bond acceptors (Lipinski definition) is 6. The van der Waals surface area contributed by atoms with Crippen LogP contribution in [0.3, 0.4) is 0 Å². The third-order valence-corrected chi connectivity index (χ3v) is 3.45. The van der Waals surface area contributed by atoms with Crippen LogP contribution in [0.1, 0.15) is 18.4 Å². The van der Waals surface area contributed by atoms with Crippen molar-refractivity contribution < 1.29 is 13.7 Å². The first-order valence-corrected chi connectivity index (χ1v) is 7.47. The van der Waals surface area contributed by atoms with Crippen molar-refractivity contribution in [3.8, 4) is 17.1 Å². The molecule has 1 unspecified atom stereocenters. The molecule has 0 spiro atoms. The Morgan fingerprint density at radius 2 is 2.30 bits per heavy atom. The van der Waals surface area contributed by atoms with Gasteiger partial charge in [-0.05, 0) is 36.6 Å². The maximum atomic E-state index is 13.6. The van der Waals surface area contributed by atoms with Crippen LogP contribution in [-0.4, -0.2) is 29.3 Å². The summed E-state index contributed by atoms with van der Waals surface area (Å²) < 4.78 is 23.6. The lowest BCUT2D eigenvalue weighted by Crippen LogP contribution is -2.11. The second-order valence-electron chi connectivity index (χ2n) is 4.19. The molecular weight excluding hydrogens is 281 g/mol. The van der Waals surface area contributed by atoms with Gasteiger partial charge in [0.2, 0.25) is 11.7 Å². The van der Waals surface area contributed by atoms with Crippen molar-refractivity contribution in [1.82, 2.24) is 10.1 Å². The average Bonchev–Trinajstić information content (AvgIpc) is 2.94. The predicted octanol–water partition coefficient (Wildman–Crippen LogP) is 2.64. The molecule has 0 saturated heterocycles. The van der Waals surface area contributed by atoms with Crippen molar-refractivity contribution in [2.24, 2.45) is 5.73 Å². The minimum Gasteiger partial charge on any atom is -0.494 e. The Labute approximate surface area is 120 Å². The fourth-order valence-electron chi connectivity index (χ4n) is 1.68. The summed E-state index contributed by atoms with van der Waals surface area (Å²) in [5.41, 5.74) is 6.47. The molecule has 2 rings (SSSR count). The molecule has 0 bridgehead atoms. The molecule has 1 heterocycles. The Balaban J connectivity index is 2.18. The fraction of sp³-hybridized carbons (Fsp3) is 0.385. The average molecular weight is 297 g/mol. The number of hydrogen-bond donors (Lipinski definition) is 1. The lowest BCUT2D eigenvalue weighted by Gasteiger charge is -2.04. The van der Waals surface area contributed by atoms with Gasteiger partial charge in [-0.25, -0.2) is 4.39 Å². The molecule has 0 fully saturated rings. The van der Waals surface area contributed by atoms with Crippen molar-refractivity contribution >= 4 is 11.8 Å². The van der Waals surface area contributed by atoms with E-state index >= 15 is 0 Å². The summed E-state index contributed by atoms with van der Waals surface area (Å²) >= 11 is 1.70. The van der Waals surface area contributed by atoms with E-state index in [1.807, 2.05) is 6.26 Å². The van der Waals surface area contributed by atoms with Crippen molar-refractivity contribution in [2.75, 3.05) is 19.1 Å². The fourth-order valence-corrected chi connectivity index (χ4v) is 2.17. The summed E-state index contributed by atoms with van der Waals surface area (Å²) in [6, 6.07) is 4.20. The smallest absolute Gasteiger partial charge is 0.243 e. The van der Waals surface area contributed by atoms with Gasteiger partial charge in [-0.1, -0.05) is 5.16 Å². The highest BCUT2D eigenvalue weighted by molar-refractivity contribution is 7.98. The highest BCUT2D eigenvalue weighted by Crippen LogP contribution is 2.24. The van der Waals surface area contributed by atoms with E-state index in [2.05, 4.69) is 10.1 Å². The van der Waals surface area contributed by atoms with E-state index in [9.17, 15) is 4.39 Å². The van der Waals surface area contributed by atoms with Gasteiger partial charge in [0.15, 0.2) is 11.6 Å². The number of ether oxygens (including phenoxy) is 1. The standard InChI is InChI=1S/C13H16FN3O2S/c1-18-11-4-3-8(7-9(11)14)12-16-13(19-17-12)10(15)5-6-20-2/h3-4,7,10H,5-6,15H2,1-2H3.